The molecule has 166 valence electrons. The van der Waals surface area contributed by atoms with Gasteiger partial charge >= 0.3 is 0 Å². The van der Waals surface area contributed by atoms with E-state index in [1.807, 2.05) is 23.9 Å². The average molecular weight is 466 g/mol. The fourth-order valence-corrected chi connectivity index (χ4v) is 5.79. The molecule has 35 heavy (non-hydrogen) atoms. The van der Waals surface area contributed by atoms with Gasteiger partial charge in [0.25, 0.3) is 0 Å². The topological polar surface area (TPSA) is 23.8 Å². The molecule has 0 amide bonds. The molecule has 0 aromatic heterocycles. The standard InChI is InChI=1S/C33H23NS/c34-20-23-12-14-24(15-13-23)21-35-22-25-6-5-10-29(16-25)33-31-11-4-3-9-28(31)18-30-17-26-7-1-2-8-27(26)19-32(30)33/h1-19H,21-22H2. The Hall–Kier alpha value is -4.06. The Labute approximate surface area is 209 Å². The summed E-state index contributed by atoms with van der Waals surface area (Å²) >= 11 is 1.90. The first-order chi connectivity index (χ1) is 17.3. The van der Waals surface area contributed by atoms with Crippen LogP contribution < -0.4 is 0 Å². The first-order valence-corrected chi connectivity index (χ1v) is 12.9. The second-order valence-corrected chi connectivity index (χ2v) is 9.88. The van der Waals surface area contributed by atoms with Gasteiger partial charge in [-0.1, -0.05) is 84.9 Å². The van der Waals surface area contributed by atoms with Gasteiger partial charge in [0.05, 0.1) is 11.6 Å². The highest BCUT2D eigenvalue weighted by Gasteiger charge is 2.12. The third kappa shape index (κ3) is 4.28. The second-order valence-electron chi connectivity index (χ2n) is 8.90. The fourth-order valence-electron chi connectivity index (χ4n) is 4.85. The molecule has 0 saturated carbocycles. The number of nitriles is 1. The van der Waals surface area contributed by atoms with Crippen molar-refractivity contribution in [1.29, 1.82) is 5.26 Å². The van der Waals surface area contributed by atoms with Crippen molar-refractivity contribution in [1.82, 2.24) is 0 Å². The van der Waals surface area contributed by atoms with Crippen LogP contribution in [-0.2, 0) is 11.5 Å². The van der Waals surface area contributed by atoms with Gasteiger partial charge in [-0.15, -0.1) is 0 Å². The molecule has 0 aliphatic heterocycles. The number of hydrogen-bond donors (Lipinski definition) is 0. The molecule has 0 radical (unpaired) electrons. The molecule has 6 aromatic carbocycles. The Bertz CT molecular complexity index is 1720. The summed E-state index contributed by atoms with van der Waals surface area (Å²) in [6, 6.07) is 43.4. The molecular formula is C33H23NS. The molecule has 0 aliphatic rings. The van der Waals surface area contributed by atoms with E-state index in [-0.39, 0.29) is 0 Å². The van der Waals surface area contributed by atoms with Gasteiger partial charge < -0.3 is 0 Å². The molecule has 0 bridgehead atoms. The molecule has 6 rings (SSSR count). The lowest BCUT2D eigenvalue weighted by Gasteiger charge is -2.14. The quantitative estimate of drug-likeness (QED) is 0.237. The molecule has 0 aliphatic carbocycles. The van der Waals surface area contributed by atoms with Crippen LogP contribution in [0.4, 0.5) is 0 Å². The normalized spacial score (nSPS) is 11.2. The summed E-state index contributed by atoms with van der Waals surface area (Å²) in [4.78, 5) is 0. The first-order valence-electron chi connectivity index (χ1n) is 11.8. The highest BCUT2D eigenvalue weighted by atomic mass is 32.2. The van der Waals surface area contributed by atoms with Crippen LogP contribution in [0.3, 0.4) is 0 Å². The summed E-state index contributed by atoms with van der Waals surface area (Å²) in [5.41, 5.74) is 5.85. The molecule has 0 fully saturated rings. The summed E-state index contributed by atoms with van der Waals surface area (Å²) in [6.45, 7) is 0. The molecule has 1 nitrogen and oxygen atoms in total. The number of fused-ring (bicyclic) bond motifs is 3. The van der Waals surface area contributed by atoms with Crippen LogP contribution in [0, 0.1) is 11.3 Å². The first kappa shape index (κ1) is 21.5. The molecule has 0 saturated heterocycles. The maximum absolute atomic E-state index is 9.00. The van der Waals surface area contributed by atoms with Crippen LogP contribution in [0.15, 0.2) is 115 Å². The predicted molar refractivity (Wildman–Crippen MR) is 151 cm³/mol. The Kier molecular flexibility index (Phi) is 5.70. The summed E-state index contributed by atoms with van der Waals surface area (Å²) in [5, 5.41) is 16.7. The second kappa shape index (κ2) is 9.29. The number of nitrogens with zero attached hydrogens (tertiary/aromatic N) is 1. The van der Waals surface area contributed by atoms with E-state index < -0.39 is 0 Å². The fraction of sp³-hybridized carbons (Fsp3) is 0.0606. The summed E-state index contributed by atoms with van der Waals surface area (Å²) < 4.78 is 0. The van der Waals surface area contributed by atoms with E-state index in [2.05, 4.69) is 109 Å². The predicted octanol–water partition coefficient (Wildman–Crippen LogP) is 9.12. The van der Waals surface area contributed by atoms with Gasteiger partial charge in [-0.2, -0.15) is 17.0 Å². The Morgan fingerprint density at radius 3 is 2.03 bits per heavy atom. The lowest BCUT2D eigenvalue weighted by Crippen LogP contribution is -1.89. The number of thioether (sulfide) groups is 1. The van der Waals surface area contributed by atoms with Crippen molar-refractivity contribution in [3.63, 3.8) is 0 Å². The Morgan fingerprint density at radius 1 is 0.543 bits per heavy atom. The summed E-state index contributed by atoms with van der Waals surface area (Å²) in [7, 11) is 0. The van der Waals surface area contributed by atoms with E-state index in [4.69, 9.17) is 5.26 Å². The van der Waals surface area contributed by atoms with E-state index in [9.17, 15) is 0 Å². The Morgan fingerprint density at radius 2 is 1.23 bits per heavy atom. The smallest absolute Gasteiger partial charge is 0.0991 e. The molecule has 0 spiro atoms. The van der Waals surface area contributed by atoms with E-state index in [1.54, 1.807) is 0 Å². The van der Waals surface area contributed by atoms with Crippen molar-refractivity contribution < 1.29 is 0 Å². The van der Waals surface area contributed by atoms with E-state index in [0.717, 1.165) is 11.5 Å². The highest BCUT2D eigenvalue weighted by Crippen LogP contribution is 2.38. The molecule has 0 heterocycles. The Balaban J connectivity index is 1.39. The lowest BCUT2D eigenvalue weighted by atomic mass is 9.90. The molecule has 0 atom stereocenters. The molecule has 2 heteroatoms. The third-order valence-electron chi connectivity index (χ3n) is 6.56. The van der Waals surface area contributed by atoms with Gasteiger partial charge in [0.2, 0.25) is 0 Å². The molecule has 0 unspecified atom stereocenters. The van der Waals surface area contributed by atoms with Gasteiger partial charge in [0.15, 0.2) is 0 Å². The minimum absolute atomic E-state index is 0.710. The van der Waals surface area contributed by atoms with Crippen LogP contribution in [-0.4, -0.2) is 0 Å². The minimum Gasteiger partial charge on any atom is -0.192 e. The SMILES string of the molecule is N#Cc1ccc(CSCc2cccc(-c3c4ccccc4cc4cc5ccccc5cc34)c2)cc1. The van der Waals surface area contributed by atoms with Gasteiger partial charge in [0, 0.05) is 11.5 Å². The largest absolute Gasteiger partial charge is 0.192 e. The van der Waals surface area contributed by atoms with Crippen molar-refractivity contribution >= 4 is 44.1 Å². The van der Waals surface area contributed by atoms with Crippen LogP contribution in [0.2, 0.25) is 0 Å². The van der Waals surface area contributed by atoms with Gasteiger partial charge in [0.1, 0.15) is 0 Å². The van der Waals surface area contributed by atoms with Gasteiger partial charge in [-0.3, -0.25) is 0 Å². The van der Waals surface area contributed by atoms with Gasteiger partial charge in [-0.25, -0.2) is 0 Å². The van der Waals surface area contributed by atoms with Gasteiger partial charge in [-0.05, 0) is 84.9 Å². The zero-order valence-corrected chi connectivity index (χ0v) is 20.1. The van der Waals surface area contributed by atoms with Crippen LogP contribution in [0.25, 0.3) is 43.4 Å². The average Bonchev–Trinajstić information content (AvgIpc) is 2.91. The lowest BCUT2D eigenvalue weighted by molar-refractivity contribution is 1.36. The molecule has 0 N–H and O–H groups in total. The van der Waals surface area contributed by atoms with Crippen LogP contribution in [0.1, 0.15) is 16.7 Å². The molecular weight excluding hydrogens is 442 g/mol. The molecule has 6 aromatic rings. The zero-order valence-electron chi connectivity index (χ0n) is 19.2. The summed E-state index contributed by atoms with van der Waals surface area (Å²) in [5.74, 6) is 1.87. The van der Waals surface area contributed by atoms with E-state index in [0.29, 0.717) is 5.56 Å². The monoisotopic (exact) mass is 465 g/mol. The van der Waals surface area contributed by atoms with Crippen molar-refractivity contribution in [2.24, 2.45) is 0 Å². The van der Waals surface area contributed by atoms with Crippen molar-refractivity contribution in [3.05, 3.63) is 132 Å². The van der Waals surface area contributed by atoms with Crippen molar-refractivity contribution in [3.8, 4) is 17.2 Å². The maximum atomic E-state index is 9.00. The minimum atomic E-state index is 0.710. The van der Waals surface area contributed by atoms with E-state index in [1.165, 1.54) is 54.6 Å². The van der Waals surface area contributed by atoms with E-state index >= 15 is 0 Å². The number of hydrogen-bond acceptors (Lipinski definition) is 2. The number of rotatable bonds is 5. The van der Waals surface area contributed by atoms with Crippen molar-refractivity contribution in [2.45, 2.75) is 11.5 Å². The van der Waals surface area contributed by atoms with Crippen LogP contribution >= 0.6 is 11.8 Å². The maximum Gasteiger partial charge on any atom is 0.0991 e. The number of benzene rings is 6. The third-order valence-corrected chi connectivity index (χ3v) is 7.64. The summed E-state index contributed by atoms with van der Waals surface area (Å²) in [6.07, 6.45) is 0. The van der Waals surface area contributed by atoms with Crippen LogP contribution in [0.5, 0.6) is 0 Å². The van der Waals surface area contributed by atoms with Crippen molar-refractivity contribution in [2.75, 3.05) is 0 Å². The zero-order chi connectivity index (χ0) is 23.6. The highest BCUT2D eigenvalue weighted by molar-refractivity contribution is 7.97.